The molecule has 8 nitrogen and oxygen atoms in total. The zero-order valence-corrected chi connectivity index (χ0v) is 17.3. The minimum Gasteiger partial charge on any atom is -0.468 e. The number of hydrogen-bond acceptors (Lipinski definition) is 6. The standard InChI is InChI=1S/C24H20N4O4/c1-32-21(31)22(13-25)18-11-6-12-28(18)24(15-8-3-5-10-17(15)27-20(24)30)23(22)14-7-2-4-9-16(14)26-19(23)29/h2-5,7-10,18H,6,11-12H2,1H3,(H,26,29)(H,27,30)/t18?,22-,23+,24-/m1/s1. The van der Waals surface area contributed by atoms with E-state index in [-0.39, 0.29) is 0 Å². The largest absolute Gasteiger partial charge is 0.468 e. The smallest absolute Gasteiger partial charge is 0.329 e. The van der Waals surface area contributed by atoms with Gasteiger partial charge in [0.2, 0.25) is 5.91 Å². The van der Waals surface area contributed by atoms with Crippen LogP contribution in [0.1, 0.15) is 24.0 Å². The molecule has 0 aliphatic carbocycles. The number of ether oxygens (including phenoxy) is 1. The summed E-state index contributed by atoms with van der Waals surface area (Å²) in [5, 5.41) is 16.6. The van der Waals surface area contributed by atoms with E-state index < -0.39 is 40.2 Å². The second kappa shape index (κ2) is 5.96. The van der Waals surface area contributed by atoms with Crippen LogP contribution in [0.25, 0.3) is 0 Å². The zero-order chi connectivity index (χ0) is 22.3. The van der Waals surface area contributed by atoms with Crippen LogP contribution >= 0.6 is 0 Å². The van der Waals surface area contributed by atoms with Gasteiger partial charge in [-0.15, -0.1) is 0 Å². The summed E-state index contributed by atoms with van der Waals surface area (Å²) < 4.78 is 5.21. The predicted molar refractivity (Wildman–Crippen MR) is 113 cm³/mol. The van der Waals surface area contributed by atoms with Crippen molar-refractivity contribution in [3.05, 3.63) is 59.7 Å². The highest BCUT2D eigenvalue weighted by molar-refractivity contribution is 6.20. The molecule has 2 amide bonds. The Balaban J connectivity index is 1.85. The van der Waals surface area contributed by atoms with Crippen molar-refractivity contribution in [2.75, 3.05) is 24.3 Å². The van der Waals surface area contributed by atoms with Crippen LogP contribution in [-0.4, -0.2) is 42.4 Å². The van der Waals surface area contributed by atoms with E-state index in [4.69, 9.17) is 4.74 Å². The van der Waals surface area contributed by atoms with Gasteiger partial charge >= 0.3 is 5.97 Å². The molecule has 2 saturated heterocycles. The molecule has 2 N–H and O–H groups in total. The van der Waals surface area contributed by atoms with E-state index >= 15 is 0 Å². The molecular formula is C24H20N4O4. The maximum Gasteiger partial charge on any atom is 0.329 e. The van der Waals surface area contributed by atoms with Crippen LogP contribution in [-0.2, 0) is 30.1 Å². The summed E-state index contributed by atoms with van der Waals surface area (Å²) >= 11 is 0. The number of nitrogens with zero attached hydrogens (tertiary/aromatic N) is 2. The quantitative estimate of drug-likeness (QED) is 0.671. The van der Waals surface area contributed by atoms with Crippen molar-refractivity contribution in [2.45, 2.75) is 29.8 Å². The maximum absolute atomic E-state index is 14.1. The Bertz CT molecular complexity index is 1270. The molecule has 2 aromatic carbocycles. The van der Waals surface area contributed by atoms with Gasteiger partial charge in [-0.25, -0.2) is 0 Å². The van der Waals surface area contributed by atoms with Gasteiger partial charge in [-0.2, -0.15) is 5.26 Å². The molecule has 8 heteroatoms. The molecule has 4 aliphatic rings. The van der Waals surface area contributed by atoms with E-state index in [1.165, 1.54) is 7.11 Å². The number of benzene rings is 2. The third-order valence-corrected chi connectivity index (χ3v) is 7.81. The van der Waals surface area contributed by atoms with Gasteiger partial charge in [-0.05, 0) is 37.1 Å². The molecule has 32 heavy (non-hydrogen) atoms. The molecular weight excluding hydrogens is 408 g/mol. The van der Waals surface area contributed by atoms with Crippen LogP contribution in [0.3, 0.4) is 0 Å². The van der Waals surface area contributed by atoms with Crippen molar-refractivity contribution in [2.24, 2.45) is 5.41 Å². The summed E-state index contributed by atoms with van der Waals surface area (Å²) in [6.07, 6.45) is 1.19. The first-order chi connectivity index (χ1) is 15.5. The van der Waals surface area contributed by atoms with Gasteiger partial charge in [0, 0.05) is 23.0 Å². The fraction of sp³-hybridized carbons (Fsp3) is 0.333. The number of methoxy groups -OCH3 is 1. The first kappa shape index (κ1) is 19.0. The molecule has 4 heterocycles. The fourth-order valence-electron chi connectivity index (χ4n) is 6.93. The lowest BCUT2D eigenvalue weighted by atomic mass is 9.51. The number of para-hydroxylation sites is 2. The van der Waals surface area contributed by atoms with Crippen LogP contribution in [0.15, 0.2) is 48.5 Å². The van der Waals surface area contributed by atoms with E-state index in [0.717, 1.165) is 0 Å². The third-order valence-electron chi connectivity index (χ3n) is 7.81. The van der Waals surface area contributed by atoms with E-state index in [0.29, 0.717) is 41.9 Å². The minimum absolute atomic E-state index is 0.404. The Labute approximate surface area is 184 Å². The van der Waals surface area contributed by atoms with Crippen molar-refractivity contribution in [1.29, 1.82) is 5.26 Å². The Morgan fingerprint density at radius 1 is 1.06 bits per heavy atom. The van der Waals surface area contributed by atoms with Crippen LogP contribution in [0.2, 0.25) is 0 Å². The number of carbonyl (C=O) groups is 3. The van der Waals surface area contributed by atoms with Gasteiger partial charge in [0.15, 0.2) is 5.41 Å². The maximum atomic E-state index is 14.1. The molecule has 0 saturated carbocycles. The second-order valence-electron chi connectivity index (χ2n) is 8.72. The van der Waals surface area contributed by atoms with E-state index in [1.807, 2.05) is 23.1 Å². The predicted octanol–water partition coefficient (Wildman–Crippen LogP) is 1.89. The number of nitrogens with one attached hydrogen (secondary N) is 2. The Morgan fingerprint density at radius 3 is 2.38 bits per heavy atom. The van der Waals surface area contributed by atoms with E-state index in [9.17, 15) is 19.6 Å². The molecule has 4 aliphatic heterocycles. The van der Waals surface area contributed by atoms with Gasteiger partial charge in [0.25, 0.3) is 5.91 Å². The van der Waals surface area contributed by atoms with Crippen molar-refractivity contribution in [3.8, 4) is 6.07 Å². The third kappa shape index (κ3) is 1.64. The summed E-state index contributed by atoms with van der Waals surface area (Å²) in [5.41, 5.74) is -3.14. The molecule has 2 aromatic rings. The molecule has 1 unspecified atom stereocenters. The number of fused-ring (bicyclic) bond motifs is 7. The van der Waals surface area contributed by atoms with Gasteiger partial charge < -0.3 is 15.4 Å². The topological polar surface area (TPSA) is 112 Å². The number of rotatable bonds is 1. The number of nitriles is 1. The summed E-state index contributed by atoms with van der Waals surface area (Å²) in [7, 11) is 1.22. The Kier molecular flexibility index (Phi) is 3.54. The van der Waals surface area contributed by atoms with Crippen LogP contribution in [0.5, 0.6) is 0 Å². The average molecular weight is 428 g/mol. The fourth-order valence-corrected chi connectivity index (χ4v) is 6.93. The highest BCUT2D eigenvalue weighted by Crippen LogP contribution is 2.71. The zero-order valence-electron chi connectivity index (χ0n) is 17.3. The van der Waals surface area contributed by atoms with Crippen molar-refractivity contribution < 1.29 is 19.1 Å². The van der Waals surface area contributed by atoms with Gasteiger partial charge in [0.05, 0.1) is 13.2 Å². The molecule has 4 atom stereocenters. The first-order valence-electron chi connectivity index (χ1n) is 10.6. The van der Waals surface area contributed by atoms with Gasteiger partial charge in [-0.3, -0.25) is 19.3 Å². The number of amides is 2. The average Bonchev–Trinajstić information content (AvgIpc) is 3.52. The second-order valence-corrected chi connectivity index (χ2v) is 8.72. The molecule has 0 aromatic heterocycles. The minimum atomic E-state index is -1.91. The summed E-state index contributed by atoms with van der Waals surface area (Å²) in [6, 6.07) is 15.8. The van der Waals surface area contributed by atoms with E-state index in [2.05, 4.69) is 16.7 Å². The lowest BCUT2D eigenvalue weighted by Crippen LogP contribution is -2.65. The SMILES string of the molecule is COC(=O)[C@@]1(C#N)C2CCCN2[C@]2(C(=O)Nc3ccccc32)[C@@]12C(=O)Nc1ccccc12. The van der Waals surface area contributed by atoms with Crippen molar-refractivity contribution in [1.82, 2.24) is 4.90 Å². The van der Waals surface area contributed by atoms with E-state index in [1.54, 1.807) is 30.3 Å². The van der Waals surface area contributed by atoms with Gasteiger partial charge in [-0.1, -0.05) is 36.4 Å². The van der Waals surface area contributed by atoms with Crippen LogP contribution < -0.4 is 10.6 Å². The van der Waals surface area contributed by atoms with Crippen molar-refractivity contribution >= 4 is 29.2 Å². The monoisotopic (exact) mass is 428 g/mol. The number of hydrogen-bond donors (Lipinski definition) is 2. The van der Waals surface area contributed by atoms with Crippen LogP contribution in [0.4, 0.5) is 11.4 Å². The number of anilines is 2. The molecule has 160 valence electrons. The molecule has 6 rings (SSSR count). The molecule has 2 fully saturated rings. The Morgan fingerprint density at radius 2 is 1.69 bits per heavy atom. The number of carbonyl (C=O) groups excluding carboxylic acids is 3. The lowest BCUT2D eigenvalue weighted by molar-refractivity contribution is -0.157. The highest BCUT2D eigenvalue weighted by Gasteiger charge is 2.88. The Hall–Kier alpha value is -3.70. The lowest BCUT2D eigenvalue weighted by Gasteiger charge is -2.45. The van der Waals surface area contributed by atoms with Crippen LogP contribution in [0, 0.1) is 16.7 Å². The first-order valence-corrected chi connectivity index (χ1v) is 10.6. The van der Waals surface area contributed by atoms with Crippen molar-refractivity contribution in [3.63, 3.8) is 0 Å². The highest BCUT2D eigenvalue weighted by atomic mass is 16.5. The number of esters is 1. The summed E-state index contributed by atoms with van der Waals surface area (Å²) in [6.45, 7) is 0.476. The molecule has 0 bridgehead atoms. The van der Waals surface area contributed by atoms with Gasteiger partial charge in [0.1, 0.15) is 11.0 Å². The summed E-state index contributed by atoms with van der Waals surface area (Å²) in [5.74, 6) is -1.73. The molecule has 0 radical (unpaired) electrons. The normalized spacial score (nSPS) is 34.1. The summed E-state index contributed by atoms with van der Waals surface area (Å²) in [4.78, 5) is 43.7. The molecule has 2 spiro atoms.